The number of rotatable bonds is 3. The van der Waals surface area contributed by atoms with E-state index in [0.717, 1.165) is 21.1 Å². The van der Waals surface area contributed by atoms with Gasteiger partial charge in [0.15, 0.2) is 0 Å². The van der Waals surface area contributed by atoms with Crippen LogP contribution < -0.4 is 11.1 Å². The van der Waals surface area contributed by atoms with Gasteiger partial charge in [0.25, 0.3) is 0 Å². The maximum Gasteiger partial charge on any atom is 0.320 e. The molecule has 0 unspecified atom stereocenters. The lowest BCUT2D eigenvalue weighted by Gasteiger charge is -2.05. The summed E-state index contributed by atoms with van der Waals surface area (Å²) in [7, 11) is 0. The van der Waals surface area contributed by atoms with Gasteiger partial charge in [0.05, 0.1) is 17.7 Å². The molecule has 19 heavy (non-hydrogen) atoms. The summed E-state index contributed by atoms with van der Waals surface area (Å²) in [6, 6.07) is 8.11. The van der Waals surface area contributed by atoms with Crippen LogP contribution in [-0.4, -0.2) is 15.2 Å². The molecule has 1 aromatic carbocycles. The minimum absolute atomic E-state index is 0.218. The van der Waals surface area contributed by atoms with E-state index < -0.39 is 0 Å². The quantitative estimate of drug-likeness (QED) is 0.771. The summed E-state index contributed by atoms with van der Waals surface area (Å²) in [6.07, 6.45) is 1.74. The zero-order valence-electron chi connectivity index (χ0n) is 9.80. The Bertz CT molecular complexity index is 727. The Morgan fingerprint density at radius 1 is 1.32 bits per heavy atom. The lowest BCUT2D eigenvalue weighted by atomic mass is 10.2. The third kappa shape index (κ3) is 2.42. The van der Waals surface area contributed by atoms with Gasteiger partial charge >= 0.3 is 6.01 Å². The first-order valence-corrected chi connectivity index (χ1v) is 6.39. The van der Waals surface area contributed by atoms with Gasteiger partial charge in [-0.2, -0.15) is 0 Å². The van der Waals surface area contributed by atoms with Gasteiger partial charge in [0, 0.05) is 16.1 Å². The number of anilines is 2. The van der Waals surface area contributed by atoms with Crippen LogP contribution >= 0.6 is 15.9 Å². The van der Waals surface area contributed by atoms with Crippen LogP contribution in [0.2, 0.25) is 0 Å². The Morgan fingerprint density at radius 2 is 2.21 bits per heavy atom. The minimum Gasteiger partial charge on any atom is -0.406 e. The number of aromatic nitrogens is 3. The molecule has 7 heteroatoms. The number of halogens is 1. The molecule has 0 aliphatic carbocycles. The highest BCUT2D eigenvalue weighted by Crippen LogP contribution is 2.26. The molecule has 0 saturated heterocycles. The monoisotopic (exact) mass is 319 g/mol. The topological polar surface area (TPSA) is 89.9 Å². The summed E-state index contributed by atoms with van der Waals surface area (Å²) in [6.45, 7) is 0.218. The first kappa shape index (κ1) is 12.1. The molecular formula is C12H10BrN5O. The average molecular weight is 320 g/mol. The van der Waals surface area contributed by atoms with Gasteiger partial charge < -0.3 is 15.5 Å². The standard InChI is InChI=1S/C12H10BrN5O/c13-8-4-7-2-1-3-9(11(7)15-6-8)16-12-18-17-10(5-14)19-12/h1-4,6H,5,14H2,(H,16,18). The van der Waals surface area contributed by atoms with Crippen molar-refractivity contribution in [2.24, 2.45) is 5.73 Å². The van der Waals surface area contributed by atoms with Crippen LogP contribution in [0, 0.1) is 0 Å². The van der Waals surface area contributed by atoms with E-state index in [1.165, 1.54) is 0 Å². The van der Waals surface area contributed by atoms with Crippen LogP contribution in [0.25, 0.3) is 10.9 Å². The predicted molar refractivity (Wildman–Crippen MR) is 74.9 cm³/mol. The van der Waals surface area contributed by atoms with Gasteiger partial charge in [-0.3, -0.25) is 4.98 Å². The smallest absolute Gasteiger partial charge is 0.320 e. The number of hydrogen-bond donors (Lipinski definition) is 2. The first-order chi connectivity index (χ1) is 9.26. The summed E-state index contributed by atoms with van der Waals surface area (Å²) >= 11 is 3.40. The Hall–Kier alpha value is -1.99. The maximum absolute atomic E-state index is 5.42. The molecule has 3 N–H and O–H groups in total. The van der Waals surface area contributed by atoms with E-state index in [4.69, 9.17) is 10.2 Å². The largest absolute Gasteiger partial charge is 0.406 e. The molecule has 0 saturated carbocycles. The number of benzene rings is 1. The third-order valence-electron chi connectivity index (χ3n) is 2.56. The van der Waals surface area contributed by atoms with Gasteiger partial charge in [0.1, 0.15) is 0 Å². The average Bonchev–Trinajstić information content (AvgIpc) is 2.86. The second-order valence-electron chi connectivity index (χ2n) is 3.86. The van der Waals surface area contributed by atoms with Crippen molar-refractivity contribution in [2.45, 2.75) is 6.54 Å². The van der Waals surface area contributed by atoms with E-state index in [0.29, 0.717) is 11.9 Å². The fourth-order valence-corrected chi connectivity index (χ4v) is 2.09. The maximum atomic E-state index is 5.42. The SMILES string of the molecule is NCc1nnc(Nc2cccc3cc(Br)cnc23)o1. The van der Waals surface area contributed by atoms with Crippen LogP contribution in [0.1, 0.15) is 5.89 Å². The lowest BCUT2D eigenvalue weighted by molar-refractivity contribution is 0.511. The summed E-state index contributed by atoms with van der Waals surface area (Å²) in [5, 5.41) is 11.7. The van der Waals surface area contributed by atoms with E-state index in [-0.39, 0.29) is 6.54 Å². The van der Waals surface area contributed by atoms with Crippen LogP contribution in [0.4, 0.5) is 11.7 Å². The molecule has 0 spiro atoms. The minimum atomic E-state index is 0.218. The Morgan fingerprint density at radius 3 is 3.00 bits per heavy atom. The molecule has 2 heterocycles. The van der Waals surface area contributed by atoms with Gasteiger partial charge in [-0.05, 0) is 28.1 Å². The van der Waals surface area contributed by atoms with Crippen LogP contribution in [0.15, 0.2) is 39.4 Å². The molecule has 3 aromatic rings. The second-order valence-corrected chi connectivity index (χ2v) is 4.78. The zero-order valence-corrected chi connectivity index (χ0v) is 11.4. The molecule has 0 fully saturated rings. The van der Waals surface area contributed by atoms with E-state index >= 15 is 0 Å². The summed E-state index contributed by atoms with van der Waals surface area (Å²) in [4.78, 5) is 4.38. The molecule has 0 aliphatic heterocycles. The number of pyridine rings is 1. The Balaban J connectivity index is 2.00. The predicted octanol–water partition coefficient (Wildman–Crippen LogP) is 2.58. The van der Waals surface area contributed by atoms with Crippen molar-refractivity contribution in [2.75, 3.05) is 5.32 Å². The summed E-state index contributed by atoms with van der Waals surface area (Å²) in [5.74, 6) is 0.387. The highest BCUT2D eigenvalue weighted by atomic mass is 79.9. The van der Waals surface area contributed by atoms with Crippen LogP contribution in [-0.2, 0) is 6.54 Å². The molecule has 6 nitrogen and oxygen atoms in total. The van der Waals surface area contributed by atoms with Crippen molar-refractivity contribution in [3.8, 4) is 0 Å². The normalized spacial score (nSPS) is 10.8. The molecule has 0 aliphatic rings. The van der Waals surface area contributed by atoms with Gasteiger partial charge in [0.2, 0.25) is 5.89 Å². The highest BCUT2D eigenvalue weighted by molar-refractivity contribution is 9.10. The van der Waals surface area contributed by atoms with E-state index in [1.807, 2.05) is 24.3 Å². The highest BCUT2D eigenvalue weighted by Gasteiger charge is 2.08. The molecule has 2 aromatic heterocycles. The fraction of sp³-hybridized carbons (Fsp3) is 0.0833. The van der Waals surface area contributed by atoms with Gasteiger partial charge in [-0.25, -0.2) is 0 Å². The lowest BCUT2D eigenvalue weighted by Crippen LogP contribution is -1.95. The van der Waals surface area contributed by atoms with Crippen molar-refractivity contribution in [3.05, 3.63) is 40.8 Å². The van der Waals surface area contributed by atoms with E-state index in [9.17, 15) is 0 Å². The van der Waals surface area contributed by atoms with Crippen molar-refractivity contribution >= 4 is 38.5 Å². The number of fused-ring (bicyclic) bond motifs is 1. The summed E-state index contributed by atoms with van der Waals surface area (Å²) < 4.78 is 6.24. The van der Waals surface area contributed by atoms with Gasteiger partial charge in [-0.15, -0.1) is 5.10 Å². The number of nitrogens with two attached hydrogens (primary N) is 1. The third-order valence-corrected chi connectivity index (χ3v) is 2.99. The Labute approximate surface area is 117 Å². The molecular weight excluding hydrogens is 310 g/mol. The van der Waals surface area contributed by atoms with Crippen molar-refractivity contribution < 1.29 is 4.42 Å². The van der Waals surface area contributed by atoms with Crippen molar-refractivity contribution in [1.29, 1.82) is 0 Å². The number of nitrogens with zero attached hydrogens (tertiary/aromatic N) is 3. The molecule has 0 amide bonds. The fourth-order valence-electron chi connectivity index (χ4n) is 1.74. The Kier molecular flexibility index (Phi) is 3.14. The molecule has 96 valence electrons. The van der Waals surface area contributed by atoms with Gasteiger partial charge in [-0.1, -0.05) is 17.2 Å². The number of para-hydroxylation sites is 1. The summed E-state index contributed by atoms with van der Waals surface area (Å²) in [5.41, 5.74) is 7.06. The zero-order chi connectivity index (χ0) is 13.2. The van der Waals surface area contributed by atoms with Crippen molar-refractivity contribution in [1.82, 2.24) is 15.2 Å². The number of nitrogens with one attached hydrogen (secondary N) is 1. The molecule has 3 rings (SSSR count). The number of hydrogen-bond acceptors (Lipinski definition) is 6. The van der Waals surface area contributed by atoms with Crippen molar-refractivity contribution in [3.63, 3.8) is 0 Å². The first-order valence-electron chi connectivity index (χ1n) is 5.60. The molecule has 0 atom stereocenters. The van der Waals surface area contributed by atoms with E-state index in [1.54, 1.807) is 6.20 Å². The molecule has 0 bridgehead atoms. The van der Waals surface area contributed by atoms with Crippen LogP contribution in [0.3, 0.4) is 0 Å². The second kappa shape index (κ2) is 4.94. The van der Waals surface area contributed by atoms with Crippen LogP contribution in [0.5, 0.6) is 0 Å². The molecule has 0 radical (unpaired) electrons. The van der Waals surface area contributed by atoms with E-state index in [2.05, 4.69) is 36.4 Å².